The first-order valence-electron chi connectivity index (χ1n) is 12.2. The Morgan fingerprint density at radius 3 is 2.32 bits per heavy atom. The largest absolute Gasteiger partial charge is 0.508 e. The standard InChI is InChI=1S/C26H32N4O8/c1-6-28-25(37)12-9-14(29(2)3)11-7-10-8-13-18(30(4)5)21(33)17(24(27)36)23(35)26(13,38)22(34)15(10)20(32)16(11)19(12)31/h9-10,13,18,31-32,35,38H,6-8H2,1-5H3,(H2,27,36)(H,28,37)/t10-,13-,18-,26-/m0/s1. The molecular formula is C26H32N4O8. The molecule has 12 nitrogen and oxygen atoms in total. The molecule has 204 valence electrons. The third kappa shape index (κ3) is 3.58. The highest BCUT2D eigenvalue weighted by molar-refractivity contribution is 6.24. The SMILES string of the molecule is CCNC(=O)c1cc(N(C)C)c2c(c1O)C(O)=C1C(=O)[C@]3(O)C(O)=C(C(N)=O)C(=O)[C@@H](N(C)C)[C@@H]3C[C@@H]1C2. The summed E-state index contributed by atoms with van der Waals surface area (Å²) >= 11 is 0. The van der Waals surface area contributed by atoms with Crippen LogP contribution in [0.1, 0.15) is 34.8 Å². The zero-order chi connectivity index (χ0) is 28.4. The Bertz CT molecular complexity index is 1340. The summed E-state index contributed by atoms with van der Waals surface area (Å²) in [4.78, 5) is 55.0. The summed E-state index contributed by atoms with van der Waals surface area (Å²) in [6.45, 7) is 1.99. The van der Waals surface area contributed by atoms with Gasteiger partial charge in [-0.05, 0) is 51.4 Å². The number of nitrogens with two attached hydrogens (primary N) is 1. The van der Waals surface area contributed by atoms with Gasteiger partial charge in [-0.1, -0.05) is 0 Å². The van der Waals surface area contributed by atoms with E-state index in [1.807, 2.05) is 0 Å². The number of phenolic OH excluding ortho intramolecular Hbond substituents is 1. The van der Waals surface area contributed by atoms with Crippen molar-refractivity contribution < 1.29 is 39.6 Å². The summed E-state index contributed by atoms with van der Waals surface area (Å²) in [5, 5.41) is 47.7. The number of aliphatic hydroxyl groups is 3. The van der Waals surface area contributed by atoms with Gasteiger partial charge in [0.1, 0.15) is 22.8 Å². The number of ketones is 2. The molecule has 1 aromatic rings. The maximum absolute atomic E-state index is 13.9. The van der Waals surface area contributed by atoms with E-state index in [9.17, 15) is 39.6 Å². The summed E-state index contributed by atoms with van der Waals surface area (Å²) in [6, 6.07) is 0.341. The Balaban J connectivity index is 2.01. The molecule has 0 aromatic heterocycles. The Kier molecular flexibility index (Phi) is 6.53. The van der Waals surface area contributed by atoms with Gasteiger partial charge in [0.25, 0.3) is 11.8 Å². The highest BCUT2D eigenvalue weighted by Gasteiger charge is 2.64. The van der Waals surface area contributed by atoms with E-state index in [1.54, 1.807) is 40.0 Å². The molecular weight excluding hydrogens is 496 g/mol. The van der Waals surface area contributed by atoms with Gasteiger partial charge in [0.05, 0.1) is 17.2 Å². The molecule has 4 atom stereocenters. The minimum absolute atomic E-state index is 0.0164. The highest BCUT2D eigenvalue weighted by Crippen LogP contribution is 2.54. The lowest BCUT2D eigenvalue weighted by atomic mass is 9.57. The third-order valence-electron chi connectivity index (χ3n) is 7.76. The lowest BCUT2D eigenvalue weighted by molar-refractivity contribution is -0.153. The fourth-order valence-electron chi connectivity index (χ4n) is 6.12. The monoisotopic (exact) mass is 528 g/mol. The smallest absolute Gasteiger partial charge is 0.255 e. The topological polar surface area (TPSA) is 194 Å². The molecule has 0 radical (unpaired) electrons. The molecule has 0 bridgehead atoms. The zero-order valence-electron chi connectivity index (χ0n) is 21.8. The average Bonchev–Trinajstić information content (AvgIpc) is 2.81. The number of aromatic hydroxyl groups is 1. The first kappa shape index (κ1) is 27.1. The predicted octanol–water partition coefficient (Wildman–Crippen LogP) is -0.220. The molecule has 2 amide bonds. The van der Waals surface area contributed by atoms with E-state index in [1.165, 1.54) is 11.0 Å². The van der Waals surface area contributed by atoms with Gasteiger partial charge in [-0.15, -0.1) is 0 Å². The second-order valence-corrected chi connectivity index (χ2v) is 10.4. The molecule has 4 rings (SSSR count). The molecule has 3 aliphatic carbocycles. The minimum Gasteiger partial charge on any atom is -0.508 e. The van der Waals surface area contributed by atoms with E-state index in [4.69, 9.17) is 5.73 Å². The quantitative estimate of drug-likeness (QED) is 0.278. The van der Waals surface area contributed by atoms with E-state index in [2.05, 4.69) is 5.32 Å². The summed E-state index contributed by atoms with van der Waals surface area (Å²) in [6.07, 6.45) is 0.114. The Morgan fingerprint density at radius 2 is 1.79 bits per heavy atom. The number of hydrogen-bond donors (Lipinski definition) is 6. The number of nitrogens with zero attached hydrogens (tertiary/aromatic N) is 2. The number of amides is 2. The summed E-state index contributed by atoms with van der Waals surface area (Å²) < 4.78 is 0. The van der Waals surface area contributed by atoms with E-state index in [0.717, 1.165) is 0 Å². The number of likely N-dealkylation sites (N-methyl/N-ethyl adjacent to an activating group) is 1. The first-order valence-corrected chi connectivity index (χ1v) is 12.2. The van der Waals surface area contributed by atoms with Crippen molar-refractivity contribution in [2.24, 2.45) is 17.6 Å². The van der Waals surface area contributed by atoms with Crippen LogP contribution in [0.2, 0.25) is 0 Å². The maximum Gasteiger partial charge on any atom is 0.255 e. The number of benzene rings is 1. The number of fused-ring (bicyclic) bond motifs is 3. The van der Waals surface area contributed by atoms with Crippen LogP contribution in [0.5, 0.6) is 5.75 Å². The van der Waals surface area contributed by atoms with E-state index in [0.29, 0.717) is 11.3 Å². The Morgan fingerprint density at radius 1 is 1.16 bits per heavy atom. The normalized spacial score (nSPS) is 26.7. The van der Waals surface area contributed by atoms with Crippen molar-refractivity contribution in [3.63, 3.8) is 0 Å². The van der Waals surface area contributed by atoms with Crippen molar-refractivity contribution in [3.8, 4) is 5.75 Å². The molecule has 0 saturated heterocycles. The van der Waals surface area contributed by atoms with Crippen molar-refractivity contribution in [2.75, 3.05) is 39.6 Å². The van der Waals surface area contributed by atoms with Gasteiger partial charge in [-0.2, -0.15) is 0 Å². The van der Waals surface area contributed by atoms with E-state index >= 15 is 0 Å². The average molecular weight is 529 g/mol. The van der Waals surface area contributed by atoms with Crippen molar-refractivity contribution in [3.05, 3.63) is 39.7 Å². The molecule has 1 saturated carbocycles. The lowest BCUT2D eigenvalue weighted by Crippen LogP contribution is -2.65. The number of anilines is 1. The molecule has 3 aliphatic rings. The number of nitrogens with one attached hydrogen (secondary N) is 1. The Hall–Kier alpha value is -3.90. The summed E-state index contributed by atoms with van der Waals surface area (Å²) in [5.74, 6) is -8.00. The number of carbonyl (C=O) groups is 4. The minimum atomic E-state index is -2.72. The predicted molar refractivity (Wildman–Crippen MR) is 137 cm³/mol. The van der Waals surface area contributed by atoms with Crippen molar-refractivity contribution in [2.45, 2.75) is 31.4 Å². The van der Waals surface area contributed by atoms with Crippen LogP contribution in [-0.4, -0.2) is 95.1 Å². The van der Waals surface area contributed by atoms with Crippen LogP contribution in [0.4, 0.5) is 5.69 Å². The van der Waals surface area contributed by atoms with Crippen molar-refractivity contribution >= 4 is 34.8 Å². The van der Waals surface area contributed by atoms with Crippen LogP contribution in [-0.2, 0) is 20.8 Å². The van der Waals surface area contributed by atoms with E-state index < -0.39 is 69.7 Å². The fraction of sp³-hybridized carbons (Fsp3) is 0.462. The maximum atomic E-state index is 13.9. The van der Waals surface area contributed by atoms with Crippen molar-refractivity contribution in [1.29, 1.82) is 0 Å². The molecule has 0 heterocycles. The second kappa shape index (κ2) is 9.14. The molecule has 7 N–H and O–H groups in total. The van der Waals surface area contributed by atoms with E-state index in [-0.39, 0.29) is 36.1 Å². The van der Waals surface area contributed by atoms with Crippen LogP contribution < -0.4 is 16.0 Å². The highest BCUT2D eigenvalue weighted by atomic mass is 16.3. The molecule has 1 aromatic carbocycles. The first-order chi connectivity index (χ1) is 17.7. The molecule has 0 aliphatic heterocycles. The zero-order valence-corrected chi connectivity index (χ0v) is 21.8. The molecule has 0 unspecified atom stereocenters. The van der Waals surface area contributed by atoms with Crippen LogP contribution in [0.15, 0.2) is 23.0 Å². The van der Waals surface area contributed by atoms with Gasteiger partial charge in [0, 0.05) is 37.8 Å². The van der Waals surface area contributed by atoms with Crippen LogP contribution in [0.3, 0.4) is 0 Å². The number of carbonyl (C=O) groups excluding carboxylic acids is 4. The molecule has 0 spiro atoms. The molecule has 12 heteroatoms. The fourth-order valence-corrected chi connectivity index (χ4v) is 6.12. The van der Waals surface area contributed by atoms with Gasteiger partial charge in [0.2, 0.25) is 5.78 Å². The number of primary amides is 1. The van der Waals surface area contributed by atoms with Crippen molar-refractivity contribution in [1.82, 2.24) is 10.2 Å². The third-order valence-corrected chi connectivity index (χ3v) is 7.76. The Labute approximate surface area is 219 Å². The number of rotatable bonds is 5. The number of Topliss-reactive ketones (excluding diaryl/α,β-unsaturated/α-hetero) is 2. The van der Waals surface area contributed by atoms with Crippen LogP contribution >= 0.6 is 0 Å². The van der Waals surface area contributed by atoms with Gasteiger partial charge in [0.15, 0.2) is 11.4 Å². The number of hydrogen-bond acceptors (Lipinski definition) is 10. The van der Waals surface area contributed by atoms with Gasteiger partial charge in [-0.3, -0.25) is 24.1 Å². The summed E-state index contributed by atoms with van der Waals surface area (Å²) in [7, 11) is 6.54. The van der Waals surface area contributed by atoms with Crippen LogP contribution in [0, 0.1) is 11.8 Å². The number of aliphatic hydroxyl groups excluding tert-OH is 2. The van der Waals surface area contributed by atoms with Gasteiger partial charge >= 0.3 is 0 Å². The second-order valence-electron chi connectivity index (χ2n) is 10.4. The molecule has 1 fully saturated rings. The van der Waals surface area contributed by atoms with Crippen LogP contribution in [0.25, 0.3) is 5.76 Å². The van der Waals surface area contributed by atoms with Gasteiger partial charge in [-0.25, -0.2) is 0 Å². The summed E-state index contributed by atoms with van der Waals surface area (Å²) in [5.41, 5.74) is 2.23. The molecule has 38 heavy (non-hydrogen) atoms. The number of phenols is 1. The lowest BCUT2D eigenvalue weighted by Gasteiger charge is -2.50. The van der Waals surface area contributed by atoms with Gasteiger partial charge < -0.3 is 36.4 Å².